The third-order valence-corrected chi connectivity index (χ3v) is 1.26. The van der Waals surface area contributed by atoms with Crippen LogP contribution in [0.2, 0.25) is 0 Å². The number of nitrogens with zero attached hydrogens (tertiary/aromatic N) is 1. The highest BCUT2D eigenvalue weighted by atomic mass is 35.5. The van der Waals surface area contributed by atoms with E-state index in [0.717, 1.165) is 26.1 Å². The summed E-state index contributed by atoms with van der Waals surface area (Å²) in [5.41, 5.74) is 2.85. The average molecular weight is 219 g/mol. The van der Waals surface area contributed by atoms with Gasteiger partial charge in [0, 0.05) is 13.1 Å². The molecule has 0 saturated carbocycles. The van der Waals surface area contributed by atoms with Crippen molar-refractivity contribution in [3.05, 3.63) is 0 Å². The smallest absolute Gasteiger partial charge is 0.0696 e. The van der Waals surface area contributed by atoms with Crippen molar-refractivity contribution in [3.8, 4) is 0 Å². The second-order valence-electron chi connectivity index (χ2n) is 2.11. The van der Waals surface area contributed by atoms with E-state index in [9.17, 15) is 0 Å². The van der Waals surface area contributed by atoms with Gasteiger partial charge in [0.25, 0.3) is 0 Å². The highest BCUT2D eigenvalue weighted by Crippen LogP contribution is 1.81. The minimum absolute atomic E-state index is 0. The molecule has 0 fully saturated rings. The Labute approximate surface area is 87.6 Å². The fourth-order valence-electron chi connectivity index (χ4n) is 0.592. The van der Waals surface area contributed by atoms with E-state index in [4.69, 9.17) is 4.84 Å². The lowest BCUT2D eigenvalue weighted by molar-refractivity contribution is -0.0788. The van der Waals surface area contributed by atoms with Gasteiger partial charge in [-0.05, 0) is 6.42 Å². The monoisotopic (exact) mass is 218 g/mol. The molecule has 1 N–H and O–H groups in total. The van der Waals surface area contributed by atoms with E-state index in [0.29, 0.717) is 0 Å². The first-order valence-corrected chi connectivity index (χ1v) is 3.97. The van der Waals surface area contributed by atoms with E-state index >= 15 is 0 Å². The summed E-state index contributed by atoms with van der Waals surface area (Å²) >= 11 is 0. The predicted molar refractivity (Wildman–Crippen MR) is 56.8 cm³/mol. The van der Waals surface area contributed by atoms with Crippen molar-refractivity contribution in [1.82, 2.24) is 10.6 Å². The second kappa shape index (κ2) is 14.0. The van der Waals surface area contributed by atoms with Crippen molar-refractivity contribution in [2.75, 3.05) is 19.7 Å². The lowest BCUT2D eigenvalue weighted by atomic mass is 10.5. The molecule has 0 radical (unpaired) electrons. The van der Waals surface area contributed by atoms with Crippen molar-refractivity contribution >= 4 is 24.8 Å². The normalized spacial score (nSPS) is 9.00. The molecule has 0 aromatic rings. The molecule has 3 nitrogen and oxygen atoms in total. The summed E-state index contributed by atoms with van der Waals surface area (Å²) in [5.74, 6) is 0. The number of hydrogen-bond donors (Lipinski definition) is 1. The van der Waals surface area contributed by atoms with Gasteiger partial charge >= 0.3 is 0 Å². The zero-order valence-corrected chi connectivity index (χ0v) is 9.63. The first-order chi connectivity index (χ1) is 4.85. The van der Waals surface area contributed by atoms with Crippen LogP contribution in [0.1, 0.15) is 27.2 Å². The Kier molecular flexibility index (Phi) is 21.3. The molecule has 0 aliphatic carbocycles. The van der Waals surface area contributed by atoms with Crippen LogP contribution < -0.4 is 5.59 Å². The fourth-order valence-corrected chi connectivity index (χ4v) is 0.592. The Morgan fingerprint density at radius 2 is 1.58 bits per heavy atom. The van der Waals surface area contributed by atoms with E-state index in [1.54, 1.807) is 0 Å². The number of nitrogens with one attached hydrogen (secondary N) is 1. The lowest BCUT2D eigenvalue weighted by Crippen LogP contribution is -2.37. The molecule has 0 atom stereocenters. The molecule has 0 bridgehead atoms. The van der Waals surface area contributed by atoms with Crippen LogP contribution in [0.4, 0.5) is 0 Å². The molecule has 0 rings (SSSR count). The quantitative estimate of drug-likeness (QED) is 0.546. The van der Waals surface area contributed by atoms with Crippen LogP contribution in [-0.4, -0.2) is 24.7 Å². The predicted octanol–water partition coefficient (Wildman–Crippen LogP) is 2.02. The summed E-state index contributed by atoms with van der Waals surface area (Å²) < 4.78 is 0. The Balaban J connectivity index is -0.000000405. The van der Waals surface area contributed by atoms with Gasteiger partial charge in [0.15, 0.2) is 0 Å². The number of hydrogen-bond acceptors (Lipinski definition) is 3. The molecule has 0 aromatic carbocycles. The lowest BCUT2D eigenvalue weighted by Gasteiger charge is -2.18. The minimum Gasteiger partial charge on any atom is -0.287 e. The van der Waals surface area contributed by atoms with Crippen molar-refractivity contribution in [1.29, 1.82) is 0 Å². The molecule has 5 heteroatoms. The van der Waals surface area contributed by atoms with E-state index in [1.165, 1.54) is 0 Å². The Hall–Kier alpha value is 0.460. The van der Waals surface area contributed by atoms with Gasteiger partial charge in [0.05, 0.1) is 6.61 Å². The van der Waals surface area contributed by atoms with Crippen molar-refractivity contribution < 1.29 is 4.84 Å². The van der Waals surface area contributed by atoms with Gasteiger partial charge in [-0.2, -0.15) is 0 Å². The maximum Gasteiger partial charge on any atom is 0.0696 e. The molecule has 0 unspecified atom stereocenters. The van der Waals surface area contributed by atoms with Gasteiger partial charge in [0.1, 0.15) is 0 Å². The Morgan fingerprint density at radius 3 is 1.92 bits per heavy atom. The van der Waals surface area contributed by atoms with Gasteiger partial charge in [-0.1, -0.05) is 20.8 Å². The largest absolute Gasteiger partial charge is 0.287 e. The van der Waals surface area contributed by atoms with Crippen LogP contribution in [0.5, 0.6) is 0 Å². The van der Waals surface area contributed by atoms with E-state index in [1.807, 2.05) is 5.01 Å². The van der Waals surface area contributed by atoms with Crippen LogP contribution in [-0.2, 0) is 4.84 Å². The Morgan fingerprint density at radius 1 is 1.08 bits per heavy atom. The molecule has 0 aliphatic heterocycles. The minimum atomic E-state index is 0. The number of rotatable bonds is 6. The van der Waals surface area contributed by atoms with Gasteiger partial charge in [-0.15, -0.1) is 30.4 Å². The van der Waals surface area contributed by atoms with E-state index in [2.05, 4.69) is 26.4 Å². The number of halogens is 2. The highest BCUT2D eigenvalue weighted by Gasteiger charge is 1.94. The SMILES string of the molecule is CCCONN(CC)CC.Cl.Cl. The average Bonchev–Trinajstić information content (AvgIpc) is 1.99. The van der Waals surface area contributed by atoms with E-state index in [-0.39, 0.29) is 24.8 Å². The third kappa shape index (κ3) is 10.5. The summed E-state index contributed by atoms with van der Waals surface area (Å²) in [5, 5.41) is 2.01. The molecular weight excluding hydrogens is 199 g/mol. The molecule has 0 aromatic heterocycles. The maximum atomic E-state index is 5.10. The van der Waals surface area contributed by atoms with Gasteiger partial charge < -0.3 is 0 Å². The number of hydrazine groups is 1. The second-order valence-corrected chi connectivity index (χ2v) is 2.11. The first-order valence-electron chi connectivity index (χ1n) is 3.97. The van der Waals surface area contributed by atoms with Crippen molar-refractivity contribution in [2.24, 2.45) is 0 Å². The molecule has 78 valence electrons. The van der Waals surface area contributed by atoms with Gasteiger partial charge in [-0.25, -0.2) is 5.01 Å². The molecule has 12 heavy (non-hydrogen) atoms. The zero-order chi connectivity index (χ0) is 7.82. The summed E-state index contributed by atoms with van der Waals surface area (Å²) in [6.45, 7) is 8.98. The molecule has 0 heterocycles. The zero-order valence-electron chi connectivity index (χ0n) is 8.00. The van der Waals surface area contributed by atoms with Crippen LogP contribution in [0.25, 0.3) is 0 Å². The third-order valence-electron chi connectivity index (χ3n) is 1.26. The molecule has 0 saturated heterocycles. The van der Waals surface area contributed by atoms with Crippen LogP contribution in [0, 0.1) is 0 Å². The fraction of sp³-hybridized carbons (Fsp3) is 1.00. The van der Waals surface area contributed by atoms with Crippen LogP contribution in [0.15, 0.2) is 0 Å². The first kappa shape index (κ1) is 18.3. The van der Waals surface area contributed by atoms with Crippen LogP contribution >= 0.6 is 24.8 Å². The topological polar surface area (TPSA) is 24.5 Å². The summed E-state index contributed by atoms with van der Waals surface area (Å²) in [6.07, 6.45) is 1.05. The van der Waals surface area contributed by atoms with Gasteiger partial charge in [0.2, 0.25) is 0 Å². The summed E-state index contributed by atoms with van der Waals surface area (Å²) in [6, 6.07) is 0. The molecular formula is C7H20Cl2N2O. The van der Waals surface area contributed by atoms with Crippen molar-refractivity contribution in [2.45, 2.75) is 27.2 Å². The molecule has 0 spiro atoms. The maximum absolute atomic E-state index is 5.10. The summed E-state index contributed by atoms with van der Waals surface area (Å²) in [4.78, 5) is 5.10. The standard InChI is InChI=1S/C7H18N2O.2ClH/c1-4-7-10-8-9(5-2)6-3;;/h8H,4-7H2,1-3H3;2*1H. The van der Waals surface area contributed by atoms with Crippen LogP contribution in [0.3, 0.4) is 0 Å². The Bertz CT molecular complexity index is 72.4. The molecule has 0 aliphatic rings. The van der Waals surface area contributed by atoms with E-state index < -0.39 is 0 Å². The summed E-state index contributed by atoms with van der Waals surface area (Å²) in [7, 11) is 0. The van der Waals surface area contributed by atoms with Crippen molar-refractivity contribution in [3.63, 3.8) is 0 Å². The molecule has 0 amide bonds. The highest BCUT2D eigenvalue weighted by molar-refractivity contribution is 5.85. The van der Waals surface area contributed by atoms with Gasteiger partial charge in [-0.3, -0.25) is 4.84 Å².